The van der Waals surface area contributed by atoms with Crippen molar-refractivity contribution < 1.29 is 23.9 Å². The number of methoxy groups -OCH3 is 1. The molecule has 0 aliphatic carbocycles. The molecule has 2 fully saturated rings. The summed E-state index contributed by atoms with van der Waals surface area (Å²) in [6.45, 7) is 9.75. The molecule has 0 radical (unpaired) electrons. The zero-order valence-electron chi connectivity index (χ0n) is 20.4. The fourth-order valence-corrected chi connectivity index (χ4v) is 4.47. The molecule has 1 aromatic rings. The van der Waals surface area contributed by atoms with E-state index in [0.29, 0.717) is 56.1 Å². The lowest BCUT2D eigenvalue weighted by molar-refractivity contribution is -0.144. The Morgan fingerprint density at radius 2 is 1.85 bits per heavy atom. The minimum atomic E-state index is -0.908. The van der Waals surface area contributed by atoms with Crippen LogP contribution in [0.4, 0.5) is 0 Å². The average Bonchev–Trinajstić information content (AvgIpc) is 3.15. The number of hydrogen-bond donors (Lipinski definition) is 1. The van der Waals surface area contributed by atoms with E-state index in [9.17, 15) is 14.4 Å². The first-order chi connectivity index (χ1) is 15.7. The predicted molar refractivity (Wildman–Crippen MR) is 125 cm³/mol. The topological polar surface area (TPSA) is 88.2 Å². The van der Waals surface area contributed by atoms with Crippen LogP contribution < -0.4 is 10.1 Å². The van der Waals surface area contributed by atoms with E-state index in [0.717, 1.165) is 0 Å². The number of carbonyl (C=O) groups is 3. The predicted octanol–water partition coefficient (Wildman–Crippen LogP) is 2.67. The smallest absolute Gasteiger partial charge is 0.257 e. The second-order valence-corrected chi connectivity index (χ2v) is 9.80. The van der Waals surface area contributed by atoms with Crippen LogP contribution in [0, 0.1) is 11.8 Å². The van der Waals surface area contributed by atoms with Crippen molar-refractivity contribution >= 4 is 17.7 Å². The Morgan fingerprint density at radius 1 is 1.15 bits per heavy atom. The number of nitrogens with zero attached hydrogens (tertiary/aromatic N) is 2. The van der Waals surface area contributed by atoms with Crippen molar-refractivity contribution in [2.45, 2.75) is 58.7 Å². The number of benzene rings is 1. The molecule has 3 amide bonds. The second-order valence-electron chi connectivity index (χ2n) is 9.80. The van der Waals surface area contributed by atoms with Crippen molar-refractivity contribution in [2.75, 3.05) is 33.4 Å². The van der Waals surface area contributed by atoms with Crippen LogP contribution in [0.2, 0.25) is 0 Å². The third kappa shape index (κ3) is 5.66. The standard InChI is InChI=1S/C25H37N3O5/c1-17(2)13-22(29)27-11-9-25(10-12-27)28(21(16-33-25)23(30)26-15-18(3)4)24(31)19-7-6-8-20(14-19)32-5/h6-8,14,17-18,21H,9-13,15-16H2,1-5H3,(H,26,30)/t21-/m1/s1. The number of amides is 3. The van der Waals surface area contributed by atoms with E-state index in [2.05, 4.69) is 5.32 Å². The van der Waals surface area contributed by atoms with Crippen LogP contribution in [-0.2, 0) is 14.3 Å². The highest BCUT2D eigenvalue weighted by molar-refractivity contribution is 5.98. The molecule has 1 aromatic carbocycles. The molecule has 1 spiro atoms. The van der Waals surface area contributed by atoms with Gasteiger partial charge in [0.05, 0.1) is 13.7 Å². The molecule has 0 aromatic heterocycles. The van der Waals surface area contributed by atoms with Crippen molar-refractivity contribution in [3.63, 3.8) is 0 Å². The lowest BCUT2D eigenvalue weighted by Gasteiger charge is -2.44. The fourth-order valence-electron chi connectivity index (χ4n) is 4.47. The van der Waals surface area contributed by atoms with Crippen molar-refractivity contribution in [3.8, 4) is 5.75 Å². The summed E-state index contributed by atoms with van der Waals surface area (Å²) in [5.74, 6) is 0.798. The molecule has 0 unspecified atom stereocenters. The monoisotopic (exact) mass is 459 g/mol. The van der Waals surface area contributed by atoms with Gasteiger partial charge in [0, 0.05) is 44.5 Å². The van der Waals surface area contributed by atoms with E-state index in [4.69, 9.17) is 9.47 Å². The Labute approximate surface area is 196 Å². The van der Waals surface area contributed by atoms with Crippen molar-refractivity contribution in [1.29, 1.82) is 0 Å². The van der Waals surface area contributed by atoms with Gasteiger partial charge in [-0.05, 0) is 30.0 Å². The molecular formula is C25H37N3O5. The summed E-state index contributed by atoms with van der Waals surface area (Å²) < 4.78 is 11.5. The summed E-state index contributed by atoms with van der Waals surface area (Å²) in [4.78, 5) is 42.8. The van der Waals surface area contributed by atoms with Crippen LogP contribution in [0.3, 0.4) is 0 Å². The van der Waals surface area contributed by atoms with E-state index in [1.54, 1.807) is 36.3 Å². The highest BCUT2D eigenvalue weighted by Gasteiger charge is 2.54. The van der Waals surface area contributed by atoms with Gasteiger partial charge in [0.1, 0.15) is 17.5 Å². The minimum absolute atomic E-state index is 0.120. The van der Waals surface area contributed by atoms with Crippen molar-refractivity contribution in [3.05, 3.63) is 29.8 Å². The van der Waals surface area contributed by atoms with Crippen molar-refractivity contribution in [1.82, 2.24) is 15.1 Å². The first kappa shape index (κ1) is 25.0. The summed E-state index contributed by atoms with van der Waals surface area (Å²) >= 11 is 0. The highest BCUT2D eigenvalue weighted by Crippen LogP contribution is 2.39. The first-order valence-corrected chi connectivity index (χ1v) is 11.8. The van der Waals surface area contributed by atoms with E-state index >= 15 is 0 Å². The molecule has 8 nitrogen and oxygen atoms in total. The average molecular weight is 460 g/mol. The molecule has 1 atom stereocenters. The van der Waals surface area contributed by atoms with Crippen LogP contribution in [0.5, 0.6) is 5.75 Å². The third-order valence-corrected chi connectivity index (χ3v) is 6.26. The zero-order chi connectivity index (χ0) is 24.2. The number of hydrogen-bond acceptors (Lipinski definition) is 5. The summed E-state index contributed by atoms with van der Waals surface area (Å²) in [5, 5.41) is 2.95. The molecule has 33 heavy (non-hydrogen) atoms. The molecule has 2 aliphatic rings. The van der Waals surface area contributed by atoms with Gasteiger partial charge in [-0.15, -0.1) is 0 Å². The lowest BCUT2D eigenvalue weighted by Crippen LogP contribution is -2.60. The quantitative estimate of drug-likeness (QED) is 0.677. The molecule has 2 saturated heterocycles. The maximum Gasteiger partial charge on any atom is 0.257 e. The van der Waals surface area contributed by atoms with Gasteiger partial charge in [-0.3, -0.25) is 19.3 Å². The van der Waals surface area contributed by atoms with Gasteiger partial charge in [-0.25, -0.2) is 0 Å². The van der Waals surface area contributed by atoms with E-state index in [1.165, 1.54) is 0 Å². The molecule has 0 saturated carbocycles. The van der Waals surface area contributed by atoms with Gasteiger partial charge in [-0.1, -0.05) is 33.8 Å². The Hall–Kier alpha value is -2.61. The molecular weight excluding hydrogens is 422 g/mol. The van der Waals surface area contributed by atoms with Crippen molar-refractivity contribution in [2.24, 2.45) is 11.8 Å². The summed E-state index contributed by atoms with van der Waals surface area (Å²) in [5.41, 5.74) is -0.464. The van der Waals surface area contributed by atoms with E-state index in [1.807, 2.05) is 32.6 Å². The molecule has 3 rings (SSSR count). The number of carbonyl (C=O) groups excluding carboxylic acids is 3. The maximum atomic E-state index is 13.7. The van der Waals surface area contributed by atoms with Gasteiger partial charge in [0.25, 0.3) is 5.91 Å². The Balaban J connectivity index is 1.85. The Bertz CT molecular complexity index is 861. The summed E-state index contributed by atoms with van der Waals surface area (Å²) in [6, 6.07) is 6.22. The second kappa shape index (κ2) is 10.5. The Kier molecular flexibility index (Phi) is 8.00. The van der Waals surface area contributed by atoms with Gasteiger partial charge >= 0.3 is 0 Å². The molecule has 8 heteroatoms. The van der Waals surface area contributed by atoms with Gasteiger partial charge in [0.2, 0.25) is 11.8 Å². The summed E-state index contributed by atoms with van der Waals surface area (Å²) in [7, 11) is 1.55. The molecule has 1 N–H and O–H groups in total. The summed E-state index contributed by atoms with van der Waals surface area (Å²) in [6.07, 6.45) is 1.45. The van der Waals surface area contributed by atoms with E-state index in [-0.39, 0.29) is 30.2 Å². The normalized spacial score (nSPS) is 19.9. The molecule has 2 heterocycles. The number of nitrogens with one attached hydrogen (secondary N) is 1. The third-order valence-electron chi connectivity index (χ3n) is 6.26. The first-order valence-electron chi connectivity index (χ1n) is 11.8. The lowest BCUT2D eigenvalue weighted by atomic mass is 9.95. The maximum absolute atomic E-state index is 13.7. The Morgan fingerprint density at radius 3 is 2.45 bits per heavy atom. The molecule has 182 valence electrons. The molecule has 2 aliphatic heterocycles. The molecule has 0 bridgehead atoms. The fraction of sp³-hybridized carbons (Fsp3) is 0.640. The van der Waals surface area contributed by atoms with E-state index < -0.39 is 11.8 Å². The van der Waals surface area contributed by atoms with Crippen LogP contribution in [0.1, 0.15) is 57.3 Å². The van der Waals surface area contributed by atoms with Gasteiger partial charge < -0.3 is 19.7 Å². The highest BCUT2D eigenvalue weighted by atomic mass is 16.5. The van der Waals surface area contributed by atoms with Crippen LogP contribution in [0.15, 0.2) is 24.3 Å². The zero-order valence-corrected chi connectivity index (χ0v) is 20.4. The SMILES string of the molecule is COc1cccc(C(=O)N2[C@@H](C(=O)NCC(C)C)COC23CCN(C(=O)CC(C)C)CC3)c1. The number of rotatable bonds is 7. The van der Waals surface area contributed by atoms with Crippen LogP contribution in [0.25, 0.3) is 0 Å². The van der Waals surface area contributed by atoms with Gasteiger partial charge in [-0.2, -0.15) is 0 Å². The number of likely N-dealkylation sites (tertiary alicyclic amines) is 1. The van der Waals surface area contributed by atoms with Crippen LogP contribution >= 0.6 is 0 Å². The largest absolute Gasteiger partial charge is 0.497 e. The van der Waals surface area contributed by atoms with Gasteiger partial charge in [0.15, 0.2) is 0 Å². The number of piperidine rings is 1. The number of ether oxygens (including phenoxy) is 2. The van der Waals surface area contributed by atoms with Crippen LogP contribution in [-0.4, -0.2) is 72.6 Å². The minimum Gasteiger partial charge on any atom is -0.497 e.